The molecule has 0 aliphatic carbocycles. The average Bonchev–Trinajstić information content (AvgIpc) is 1.99. The highest BCUT2D eigenvalue weighted by Crippen LogP contribution is 2.22. The van der Waals surface area contributed by atoms with Gasteiger partial charge in [-0.05, 0) is 6.92 Å². The smallest absolute Gasteiger partial charge is 0.425 e. The molecule has 78 valence electrons. The first-order valence-corrected chi connectivity index (χ1v) is 3.50. The molecule has 0 unspecified atom stereocenters. The number of ether oxygens (including phenoxy) is 1. The maximum atomic E-state index is 11.8. The van der Waals surface area contributed by atoms with Crippen molar-refractivity contribution in [3.05, 3.63) is 0 Å². The summed E-state index contributed by atoms with van der Waals surface area (Å²) in [4.78, 5) is 10.5. The molecule has 13 heavy (non-hydrogen) atoms. The second-order valence-electron chi connectivity index (χ2n) is 2.24. The van der Waals surface area contributed by atoms with Gasteiger partial charge in [-0.3, -0.25) is 0 Å². The first kappa shape index (κ1) is 12.0. The quantitative estimate of drug-likeness (QED) is 0.705. The van der Waals surface area contributed by atoms with Crippen molar-refractivity contribution in [2.75, 3.05) is 13.2 Å². The van der Waals surface area contributed by atoms with Gasteiger partial charge in [0.05, 0.1) is 6.61 Å². The Hall–Kier alpha value is -0.980. The highest BCUT2D eigenvalue weighted by molar-refractivity contribution is 5.67. The Bertz CT molecular complexity index is 171. The van der Waals surface area contributed by atoms with Gasteiger partial charge in [-0.15, -0.1) is 0 Å². The largest absolute Gasteiger partial charge is 0.437 e. The normalized spacial score (nSPS) is 13.6. The van der Waals surface area contributed by atoms with Crippen LogP contribution in [0.4, 0.5) is 18.0 Å². The Morgan fingerprint density at radius 3 is 2.54 bits per heavy atom. The molecule has 0 bridgehead atoms. The minimum Gasteiger partial charge on any atom is -0.437 e. The summed E-state index contributed by atoms with van der Waals surface area (Å²) in [5.41, 5.74) is 0. The zero-order valence-corrected chi connectivity index (χ0v) is 6.89. The first-order chi connectivity index (χ1) is 5.88. The van der Waals surface area contributed by atoms with Crippen LogP contribution in [0.5, 0.6) is 0 Å². The van der Waals surface area contributed by atoms with Crippen molar-refractivity contribution in [3.8, 4) is 0 Å². The number of carbonyl (C=O) groups excluding carboxylic acids is 1. The third kappa shape index (κ3) is 5.29. The van der Waals surface area contributed by atoms with Crippen LogP contribution in [0.15, 0.2) is 0 Å². The van der Waals surface area contributed by atoms with Gasteiger partial charge in [0.15, 0.2) is 6.10 Å². The average molecular weight is 201 g/mol. The van der Waals surface area contributed by atoms with E-state index in [1.165, 1.54) is 0 Å². The van der Waals surface area contributed by atoms with Crippen molar-refractivity contribution >= 4 is 6.09 Å². The molecule has 1 atom stereocenters. The zero-order valence-electron chi connectivity index (χ0n) is 6.89. The molecule has 1 amide bonds. The minimum absolute atomic E-state index is 0.136. The van der Waals surface area contributed by atoms with E-state index in [0.717, 1.165) is 6.92 Å². The highest BCUT2D eigenvalue weighted by Gasteiger charge is 2.39. The fraction of sp³-hybridized carbons (Fsp3) is 0.833. The number of halogens is 3. The first-order valence-electron chi connectivity index (χ1n) is 3.50. The number of rotatable bonds is 3. The Morgan fingerprint density at radius 2 is 2.15 bits per heavy atom. The minimum atomic E-state index is -4.56. The van der Waals surface area contributed by atoms with E-state index in [1.54, 1.807) is 0 Å². The van der Waals surface area contributed by atoms with Crippen LogP contribution >= 0.6 is 0 Å². The van der Waals surface area contributed by atoms with Crippen molar-refractivity contribution in [2.24, 2.45) is 0 Å². The van der Waals surface area contributed by atoms with E-state index in [1.807, 2.05) is 5.32 Å². The summed E-state index contributed by atoms with van der Waals surface area (Å²) in [6.07, 6.45) is -7.90. The zero-order chi connectivity index (χ0) is 10.5. The summed E-state index contributed by atoms with van der Waals surface area (Å²) in [5, 5.41) is 10.1. The summed E-state index contributed by atoms with van der Waals surface area (Å²) >= 11 is 0. The third-order valence-corrected chi connectivity index (χ3v) is 1.13. The van der Waals surface area contributed by atoms with Crippen molar-refractivity contribution in [2.45, 2.75) is 19.2 Å². The number of nitrogens with one attached hydrogen (secondary N) is 1. The van der Waals surface area contributed by atoms with Crippen molar-refractivity contribution < 1.29 is 27.8 Å². The predicted molar refractivity (Wildman–Crippen MR) is 37.1 cm³/mol. The van der Waals surface area contributed by atoms with E-state index in [-0.39, 0.29) is 13.2 Å². The molecule has 0 aliphatic rings. The van der Waals surface area contributed by atoms with Crippen LogP contribution in [0.1, 0.15) is 6.92 Å². The van der Waals surface area contributed by atoms with Gasteiger partial charge in [0.1, 0.15) is 0 Å². The standard InChI is InChI=1S/C6H10F3NO3/c1-4(6(7,8)9)13-5(12)10-2-3-11/h4,11H,2-3H2,1H3,(H,10,12)/t4-/m1/s1. The van der Waals surface area contributed by atoms with E-state index < -0.39 is 18.4 Å². The molecule has 0 aromatic carbocycles. The Kier molecular flexibility index (Phi) is 4.53. The molecule has 0 aromatic heterocycles. The van der Waals surface area contributed by atoms with Crippen LogP contribution in [-0.2, 0) is 4.74 Å². The van der Waals surface area contributed by atoms with Crippen molar-refractivity contribution in [3.63, 3.8) is 0 Å². The van der Waals surface area contributed by atoms with Crippen LogP contribution in [-0.4, -0.2) is 36.6 Å². The van der Waals surface area contributed by atoms with Crippen molar-refractivity contribution in [1.82, 2.24) is 5.32 Å². The van der Waals surface area contributed by atoms with Gasteiger partial charge >= 0.3 is 12.3 Å². The Balaban J connectivity index is 3.79. The number of aliphatic hydroxyl groups is 1. The monoisotopic (exact) mass is 201 g/mol. The van der Waals surface area contributed by atoms with E-state index in [4.69, 9.17) is 5.11 Å². The summed E-state index contributed by atoms with van der Waals surface area (Å²) in [5.74, 6) is 0. The molecule has 7 heteroatoms. The molecule has 0 rings (SSSR count). The fourth-order valence-corrected chi connectivity index (χ4v) is 0.427. The Labute approximate surface area is 72.7 Å². The summed E-state index contributed by atoms with van der Waals surface area (Å²) in [6.45, 7) is 0.234. The summed E-state index contributed by atoms with van der Waals surface area (Å²) < 4.78 is 39.3. The second kappa shape index (κ2) is 4.90. The number of amides is 1. The predicted octanol–water partition coefficient (Wildman–Crippen LogP) is 0.656. The number of alkyl carbamates (subject to hydrolysis) is 1. The maximum absolute atomic E-state index is 11.8. The van der Waals surface area contributed by atoms with Crippen LogP contribution in [0.2, 0.25) is 0 Å². The number of hydrogen-bond donors (Lipinski definition) is 2. The molecule has 0 fully saturated rings. The molecule has 0 heterocycles. The lowest BCUT2D eigenvalue weighted by atomic mass is 10.4. The lowest BCUT2D eigenvalue weighted by Gasteiger charge is -2.16. The van der Waals surface area contributed by atoms with Gasteiger partial charge in [0.2, 0.25) is 0 Å². The number of alkyl halides is 3. The number of carbonyl (C=O) groups is 1. The highest BCUT2D eigenvalue weighted by atomic mass is 19.4. The van der Waals surface area contributed by atoms with E-state index in [9.17, 15) is 18.0 Å². The molecule has 0 saturated heterocycles. The van der Waals surface area contributed by atoms with Crippen molar-refractivity contribution in [1.29, 1.82) is 0 Å². The van der Waals surface area contributed by atoms with Gasteiger partial charge in [0, 0.05) is 6.54 Å². The third-order valence-electron chi connectivity index (χ3n) is 1.13. The van der Waals surface area contributed by atoms with E-state index in [2.05, 4.69) is 4.74 Å². The van der Waals surface area contributed by atoms with Crippen LogP contribution in [0, 0.1) is 0 Å². The van der Waals surface area contributed by atoms with Crippen LogP contribution in [0.25, 0.3) is 0 Å². The number of hydrogen-bond acceptors (Lipinski definition) is 3. The summed E-state index contributed by atoms with van der Waals surface area (Å²) in [7, 11) is 0. The topological polar surface area (TPSA) is 58.6 Å². The van der Waals surface area contributed by atoms with Gasteiger partial charge in [-0.2, -0.15) is 13.2 Å². The maximum Gasteiger partial charge on any atom is 0.425 e. The summed E-state index contributed by atoms with van der Waals surface area (Å²) in [6, 6.07) is 0. The Morgan fingerprint density at radius 1 is 1.62 bits per heavy atom. The van der Waals surface area contributed by atoms with Gasteiger partial charge in [-0.25, -0.2) is 4.79 Å². The molecule has 0 aliphatic heterocycles. The van der Waals surface area contributed by atoms with E-state index in [0.29, 0.717) is 0 Å². The van der Waals surface area contributed by atoms with E-state index >= 15 is 0 Å². The van der Waals surface area contributed by atoms with Gasteiger partial charge in [0.25, 0.3) is 0 Å². The number of aliphatic hydroxyl groups excluding tert-OH is 1. The molecule has 0 radical (unpaired) electrons. The molecule has 0 aromatic rings. The molecule has 4 nitrogen and oxygen atoms in total. The fourth-order valence-electron chi connectivity index (χ4n) is 0.427. The van der Waals surface area contributed by atoms with Gasteiger partial charge in [-0.1, -0.05) is 0 Å². The molecule has 0 spiro atoms. The lowest BCUT2D eigenvalue weighted by Crippen LogP contribution is -2.36. The molecule has 0 saturated carbocycles. The SMILES string of the molecule is C[C@@H](OC(=O)NCCO)C(F)(F)F. The second-order valence-corrected chi connectivity index (χ2v) is 2.24. The molecule has 2 N–H and O–H groups in total. The van der Waals surface area contributed by atoms with Crippen LogP contribution in [0.3, 0.4) is 0 Å². The lowest BCUT2D eigenvalue weighted by molar-refractivity contribution is -0.197. The van der Waals surface area contributed by atoms with Crippen LogP contribution < -0.4 is 5.32 Å². The molecular formula is C6H10F3NO3. The van der Waals surface area contributed by atoms with Gasteiger partial charge < -0.3 is 15.2 Å². The molecular weight excluding hydrogens is 191 g/mol.